The molecule has 0 saturated carbocycles. The van der Waals surface area contributed by atoms with Gasteiger partial charge in [0.05, 0.1) is 12.3 Å². The molecule has 0 radical (unpaired) electrons. The van der Waals surface area contributed by atoms with Crippen LogP contribution in [0, 0.1) is 0 Å². The van der Waals surface area contributed by atoms with Crippen molar-refractivity contribution in [3.05, 3.63) is 24.5 Å². The Morgan fingerprint density at radius 2 is 2.25 bits per heavy atom. The number of anilines is 1. The average Bonchev–Trinajstić information content (AvgIpc) is 2.68. The minimum atomic E-state index is 0.590. The molecule has 84 valence electrons. The van der Waals surface area contributed by atoms with Gasteiger partial charge >= 0.3 is 0 Å². The first-order chi connectivity index (χ1) is 7.72. The zero-order chi connectivity index (χ0) is 11.5. The highest BCUT2D eigenvalue weighted by atomic mass is 16.5. The first-order valence-electron chi connectivity index (χ1n) is 5.09. The van der Waals surface area contributed by atoms with E-state index in [1.807, 2.05) is 36.7 Å². The molecule has 0 amide bonds. The van der Waals surface area contributed by atoms with Crippen LogP contribution < -0.4 is 10.5 Å². The fourth-order valence-electron chi connectivity index (χ4n) is 1.50. The van der Waals surface area contributed by atoms with E-state index in [4.69, 9.17) is 10.5 Å². The lowest BCUT2D eigenvalue weighted by Crippen LogP contribution is -1.98. The molecule has 0 aliphatic carbocycles. The molecule has 0 saturated heterocycles. The van der Waals surface area contributed by atoms with Crippen LogP contribution in [0.2, 0.25) is 0 Å². The zero-order valence-electron chi connectivity index (χ0n) is 9.34. The predicted molar refractivity (Wildman–Crippen MR) is 62.0 cm³/mol. The van der Waals surface area contributed by atoms with Crippen molar-refractivity contribution < 1.29 is 4.74 Å². The van der Waals surface area contributed by atoms with Crippen LogP contribution in [0.1, 0.15) is 6.92 Å². The summed E-state index contributed by atoms with van der Waals surface area (Å²) in [6, 6.07) is 5.60. The van der Waals surface area contributed by atoms with Crippen LogP contribution in [0.4, 0.5) is 5.69 Å². The van der Waals surface area contributed by atoms with E-state index in [0.717, 1.165) is 11.4 Å². The Bertz CT molecular complexity index is 492. The second-order valence-electron chi connectivity index (χ2n) is 3.45. The van der Waals surface area contributed by atoms with E-state index in [1.54, 1.807) is 6.33 Å². The van der Waals surface area contributed by atoms with Crippen LogP contribution in [0.3, 0.4) is 0 Å². The maximum absolute atomic E-state index is 5.80. The lowest BCUT2D eigenvalue weighted by molar-refractivity contribution is 0.342. The summed E-state index contributed by atoms with van der Waals surface area (Å²) in [7, 11) is 1.89. The monoisotopic (exact) mass is 218 g/mol. The molecule has 2 aromatic rings. The summed E-state index contributed by atoms with van der Waals surface area (Å²) in [5.41, 5.74) is 7.37. The van der Waals surface area contributed by atoms with Gasteiger partial charge in [-0.05, 0) is 25.1 Å². The Kier molecular flexibility index (Phi) is 2.76. The molecule has 0 atom stereocenters. The van der Waals surface area contributed by atoms with Crippen LogP contribution in [-0.4, -0.2) is 21.4 Å². The second kappa shape index (κ2) is 4.22. The third-order valence-corrected chi connectivity index (χ3v) is 2.28. The van der Waals surface area contributed by atoms with Crippen LogP contribution in [0.15, 0.2) is 24.5 Å². The predicted octanol–water partition coefficient (Wildman–Crippen LogP) is 1.46. The molecule has 0 bridgehead atoms. The summed E-state index contributed by atoms with van der Waals surface area (Å²) in [5.74, 6) is 1.48. The molecule has 5 heteroatoms. The summed E-state index contributed by atoms with van der Waals surface area (Å²) < 4.78 is 7.28. The van der Waals surface area contributed by atoms with Gasteiger partial charge in [0.15, 0.2) is 5.82 Å². The smallest absolute Gasteiger partial charge is 0.163 e. The van der Waals surface area contributed by atoms with Gasteiger partial charge in [0.2, 0.25) is 0 Å². The van der Waals surface area contributed by atoms with Gasteiger partial charge in [-0.2, -0.15) is 0 Å². The maximum Gasteiger partial charge on any atom is 0.163 e. The Morgan fingerprint density at radius 3 is 2.88 bits per heavy atom. The van der Waals surface area contributed by atoms with Gasteiger partial charge in [0, 0.05) is 12.6 Å². The first kappa shape index (κ1) is 10.5. The van der Waals surface area contributed by atoms with Gasteiger partial charge in [0.1, 0.15) is 12.1 Å². The Labute approximate surface area is 93.9 Å². The standard InChI is InChI=1S/C11H14N4O/c1-3-16-10-6-8(4-5-9(10)12)11-14-13-7-15(11)2/h4-7H,3,12H2,1-2H3. The third-order valence-electron chi connectivity index (χ3n) is 2.28. The molecular formula is C11H14N4O. The number of aryl methyl sites for hydroxylation is 1. The molecule has 0 aliphatic heterocycles. The second-order valence-corrected chi connectivity index (χ2v) is 3.45. The molecule has 2 rings (SSSR count). The minimum absolute atomic E-state index is 0.590. The number of nitrogens with zero attached hydrogens (tertiary/aromatic N) is 3. The van der Waals surface area contributed by atoms with E-state index < -0.39 is 0 Å². The largest absolute Gasteiger partial charge is 0.492 e. The quantitative estimate of drug-likeness (QED) is 0.792. The number of nitrogen functional groups attached to an aromatic ring is 1. The number of nitrogens with two attached hydrogens (primary N) is 1. The molecule has 0 fully saturated rings. The lowest BCUT2D eigenvalue weighted by atomic mass is 10.2. The molecular weight excluding hydrogens is 204 g/mol. The van der Waals surface area contributed by atoms with Crippen molar-refractivity contribution >= 4 is 5.69 Å². The molecule has 0 aliphatic rings. The van der Waals surface area contributed by atoms with Crippen LogP contribution >= 0.6 is 0 Å². The van der Waals surface area contributed by atoms with E-state index in [9.17, 15) is 0 Å². The number of ether oxygens (including phenoxy) is 1. The Morgan fingerprint density at radius 1 is 1.44 bits per heavy atom. The maximum atomic E-state index is 5.80. The fourth-order valence-corrected chi connectivity index (χ4v) is 1.50. The van der Waals surface area contributed by atoms with Gasteiger partial charge in [-0.25, -0.2) is 0 Å². The van der Waals surface area contributed by atoms with Gasteiger partial charge < -0.3 is 15.0 Å². The van der Waals surface area contributed by atoms with Crippen molar-refractivity contribution in [1.29, 1.82) is 0 Å². The van der Waals surface area contributed by atoms with Crippen LogP contribution in [0.5, 0.6) is 5.75 Å². The Hall–Kier alpha value is -2.04. The van der Waals surface area contributed by atoms with E-state index in [-0.39, 0.29) is 0 Å². The van der Waals surface area contributed by atoms with Crippen molar-refractivity contribution in [2.75, 3.05) is 12.3 Å². The summed E-state index contributed by atoms with van der Waals surface area (Å²) >= 11 is 0. The molecule has 1 aromatic heterocycles. The molecule has 0 unspecified atom stereocenters. The number of aromatic nitrogens is 3. The number of hydrogen-bond acceptors (Lipinski definition) is 4. The van der Waals surface area contributed by atoms with Gasteiger partial charge in [-0.1, -0.05) is 0 Å². The van der Waals surface area contributed by atoms with Gasteiger partial charge in [-0.3, -0.25) is 0 Å². The number of hydrogen-bond donors (Lipinski definition) is 1. The average molecular weight is 218 g/mol. The van der Waals surface area contributed by atoms with E-state index in [0.29, 0.717) is 18.0 Å². The molecule has 16 heavy (non-hydrogen) atoms. The highest BCUT2D eigenvalue weighted by Gasteiger charge is 2.07. The molecule has 1 heterocycles. The topological polar surface area (TPSA) is 66.0 Å². The Balaban J connectivity index is 2.43. The van der Waals surface area contributed by atoms with Gasteiger partial charge in [-0.15, -0.1) is 10.2 Å². The lowest BCUT2D eigenvalue weighted by Gasteiger charge is -2.08. The normalized spacial score (nSPS) is 10.4. The van der Waals surface area contributed by atoms with Crippen molar-refractivity contribution in [2.45, 2.75) is 6.92 Å². The van der Waals surface area contributed by atoms with E-state index in [2.05, 4.69) is 10.2 Å². The highest BCUT2D eigenvalue weighted by Crippen LogP contribution is 2.27. The first-order valence-corrected chi connectivity index (χ1v) is 5.09. The van der Waals surface area contributed by atoms with Crippen molar-refractivity contribution in [1.82, 2.24) is 14.8 Å². The van der Waals surface area contributed by atoms with E-state index in [1.165, 1.54) is 0 Å². The summed E-state index contributed by atoms with van der Waals surface area (Å²) in [4.78, 5) is 0. The molecule has 0 spiro atoms. The molecule has 1 aromatic carbocycles. The summed E-state index contributed by atoms with van der Waals surface area (Å²) in [6.07, 6.45) is 1.66. The number of benzene rings is 1. The van der Waals surface area contributed by atoms with E-state index >= 15 is 0 Å². The van der Waals surface area contributed by atoms with Crippen LogP contribution in [0.25, 0.3) is 11.4 Å². The SMILES string of the molecule is CCOc1cc(-c2nncn2C)ccc1N. The summed E-state index contributed by atoms with van der Waals surface area (Å²) in [6.45, 7) is 2.51. The van der Waals surface area contributed by atoms with Crippen LogP contribution in [-0.2, 0) is 7.05 Å². The minimum Gasteiger partial charge on any atom is -0.492 e. The fraction of sp³-hybridized carbons (Fsp3) is 0.273. The summed E-state index contributed by atoms with van der Waals surface area (Å²) in [5, 5.41) is 7.87. The molecule has 2 N–H and O–H groups in total. The van der Waals surface area contributed by atoms with Crippen molar-refractivity contribution in [2.24, 2.45) is 7.05 Å². The molecule has 5 nitrogen and oxygen atoms in total. The van der Waals surface area contributed by atoms with Gasteiger partial charge in [0.25, 0.3) is 0 Å². The zero-order valence-corrected chi connectivity index (χ0v) is 9.34. The van der Waals surface area contributed by atoms with Crippen molar-refractivity contribution in [3.8, 4) is 17.1 Å². The number of rotatable bonds is 3. The highest BCUT2D eigenvalue weighted by molar-refractivity contribution is 5.65. The van der Waals surface area contributed by atoms with Crippen molar-refractivity contribution in [3.63, 3.8) is 0 Å². The third kappa shape index (κ3) is 1.84.